The van der Waals surface area contributed by atoms with Crippen molar-refractivity contribution in [1.29, 1.82) is 0 Å². The van der Waals surface area contributed by atoms with E-state index in [2.05, 4.69) is 5.10 Å². The van der Waals surface area contributed by atoms with Crippen molar-refractivity contribution in [2.24, 2.45) is 0 Å². The number of rotatable bonds is 4. The predicted octanol–water partition coefficient (Wildman–Crippen LogP) is 2.15. The second-order valence-corrected chi connectivity index (χ2v) is 4.79. The number of carboxylic acids is 2. The molecule has 0 spiro atoms. The molecule has 6 nitrogen and oxygen atoms in total. The van der Waals surface area contributed by atoms with Gasteiger partial charge in [-0.15, -0.1) is 0 Å². The minimum absolute atomic E-state index is 0.187. The lowest BCUT2D eigenvalue weighted by molar-refractivity contribution is 0.0685. The molecule has 1 aliphatic rings. The molecular formula is C14H12N2O4. The van der Waals surface area contributed by atoms with Gasteiger partial charge in [-0.3, -0.25) is 0 Å². The summed E-state index contributed by atoms with van der Waals surface area (Å²) in [6, 6.07) is 6.23. The molecule has 1 heterocycles. The molecular weight excluding hydrogens is 260 g/mol. The Morgan fingerprint density at radius 2 is 1.75 bits per heavy atom. The third-order valence-corrected chi connectivity index (χ3v) is 3.36. The highest BCUT2D eigenvalue weighted by Crippen LogP contribution is 2.42. The van der Waals surface area contributed by atoms with E-state index in [-0.39, 0.29) is 17.0 Å². The van der Waals surface area contributed by atoms with Crippen LogP contribution in [-0.4, -0.2) is 31.9 Å². The van der Waals surface area contributed by atoms with Crippen LogP contribution in [0.2, 0.25) is 0 Å². The summed E-state index contributed by atoms with van der Waals surface area (Å²) in [6.07, 6.45) is 3.26. The SMILES string of the molecule is O=C(O)c1ccc(-n2ncc(C(=O)O)c2C2CC2)cc1. The third kappa shape index (κ3) is 2.05. The first kappa shape index (κ1) is 12.4. The summed E-state index contributed by atoms with van der Waals surface area (Å²) in [7, 11) is 0. The summed E-state index contributed by atoms with van der Waals surface area (Å²) in [5.74, 6) is -1.76. The molecule has 0 saturated heterocycles. The van der Waals surface area contributed by atoms with Gasteiger partial charge in [0.2, 0.25) is 0 Å². The lowest BCUT2D eigenvalue weighted by Crippen LogP contribution is -2.06. The Bertz CT molecular complexity index is 684. The summed E-state index contributed by atoms with van der Waals surface area (Å²) in [6.45, 7) is 0. The third-order valence-electron chi connectivity index (χ3n) is 3.36. The van der Waals surface area contributed by atoms with Crippen LogP contribution in [0.1, 0.15) is 45.2 Å². The standard InChI is InChI=1S/C14H12N2O4/c17-13(18)9-3-5-10(6-4-9)16-12(8-1-2-8)11(7-15-16)14(19)20/h3-8H,1-2H2,(H,17,18)(H,19,20). The van der Waals surface area contributed by atoms with Crippen molar-refractivity contribution >= 4 is 11.9 Å². The molecule has 2 N–H and O–H groups in total. The number of aromatic nitrogens is 2. The molecule has 1 aliphatic carbocycles. The molecule has 0 amide bonds. The molecule has 0 radical (unpaired) electrons. The van der Waals surface area contributed by atoms with Crippen molar-refractivity contribution in [2.45, 2.75) is 18.8 Å². The largest absolute Gasteiger partial charge is 0.478 e. The zero-order valence-electron chi connectivity index (χ0n) is 10.5. The van der Waals surface area contributed by atoms with Crippen molar-refractivity contribution in [3.63, 3.8) is 0 Å². The zero-order valence-corrected chi connectivity index (χ0v) is 10.5. The van der Waals surface area contributed by atoms with Crippen LogP contribution in [0, 0.1) is 0 Å². The molecule has 1 aromatic heterocycles. The topological polar surface area (TPSA) is 92.4 Å². The van der Waals surface area contributed by atoms with E-state index in [0.29, 0.717) is 11.4 Å². The Morgan fingerprint density at radius 3 is 2.25 bits per heavy atom. The number of benzene rings is 1. The van der Waals surface area contributed by atoms with Crippen molar-refractivity contribution < 1.29 is 19.8 Å². The van der Waals surface area contributed by atoms with Gasteiger partial charge < -0.3 is 10.2 Å². The average molecular weight is 272 g/mol. The van der Waals surface area contributed by atoms with Gasteiger partial charge in [0.1, 0.15) is 5.56 Å². The highest BCUT2D eigenvalue weighted by atomic mass is 16.4. The molecule has 6 heteroatoms. The fourth-order valence-electron chi connectivity index (χ4n) is 2.22. The van der Waals surface area contributed by atoms with E-state index in [1.54, 1.807) is 16.8 Å². The van der Waals surface area contributed by atoms with Gasteiger partial charge in [-0.05, 0) is 37.1 Å². The number of hydrogen-bond donors (Lipinski definition) is 2. The predicted molar refractivity (Wildman–Crippen MR) is 69.5 cm³/mol. The first-order valence-corrected chi connectivity index (χ1v) is 6.23. The monoisotopic (exact) mass is 272 g/mol. The van der Waals surface area contributed by atoms with Gasteiger partial charge in [0.25, 0.3) is 0 Å². The summed E-state index contributed by atoms with van der Waals surface area (Å²) >= 11 is 0. The van der Waals surface area contributed by atoms with E-state index < -0.39 is 11.9 Å². The summed E-state index contributed by atoms with van der Waals surface area (Å²) in [5.41, 5.74) is 1.77. The minimum Gasteiger partial charge on any atom is -0.478 e. The van der Waals surface area contributed by atoms with Crippen molar-refractivity contribution in [1.82, 2.24) is 9.78 Å². The number of hydrogen-bond acceptors (Lipinski definition) is 3. The second kappa shape index (κ2) is 4.48. The molecule has 1 aromatic carbocycles. The van der Waals surface area contributed by atoms with E-state index in [1.807, 2.05) is 0 Å². The number of aromatic carboxylic acids is 2. The van der Waals surface area contributed by atoms with Gasteiger partial charge in [-0.1, -0.05) is 0 Å². The van der Waals surface area contributed by atoms with Crippen LogP contribution in [0.4, 0.5) is 0 Å². The first-order chi connectivity index (χ1) is 9.58. The Labute approximate surface area is 114 Å². The second-order valence-electron chi connectivity index (χ2n) is 4.79. The molecule has 2 aromatic rings. The van der Waals surface area contributed by atoms with Crippen LogP contribution in [-0.2, 0) is 0 Å². The Balaban J connectivity index is 2.05. The van der Waals surface area contributed by atoms with E-state index in [4.69, 9.17) is 5.11 Å². The smallest absolute Gasteiger partial charge is 0.339 e. The first-order valence-electron chi connectivity index (χ1n) is 6.23. The van der Waals surface area contributed by atoms with Gasteiger partial charge in [0, 0.05) is 5.92 Å². The fraction of sp³-hybridized carbons (Fsp3) is 0.214. The summed E-state index contributed by atoms with van der Waals surface area (Å²) < 4.78 is 1.59. The van der Waals surface area contributed by atoms with Crippen LogP contribution in [0.5, 0.6) is 0 Å². The van der Waals surface area contributed by atoms with E-state index in [0.717, 1.165) is 12.8 Å². The molecule has 0 bridgehead atoms. The maximum Gasteiger partial charge on any atom is 0.339 e. The molecule has 102 valence electrons. The lowest BCUT2D eigenvalue weighted by atomic mass is 10.1. The number of carboxylic acid groups (broad SMARTS) is 2. The molecule has 0 atom stereocenters. The highest BCUT2D eigenvalue weighted by Gasteiger charge is 2.32. The zero-order chi connectivity index (χ0) is 14.3. The molecule has 3 rings (SSSR count). The van der Waals surface area contributed by atoms with Crippen molar-refractivity contribution in [3.8, 4) is 5.69 Å². The van der Waals surface area contributed by atoms with Gasteiger partial charge in [0.15, 0.2) is 0 Å². The molecule has 0 aliphatic heterocycles. The van der Waals surface area contributed by atoms with Gasteiger partial charge in [-0.2, -0.15) is 5.10 Å². The number of carbonyl (C=O) groups is 2. The van der Waals surface area contributed by atoms with Gasteiger partial charge in [0.05, 0.1) is 23.1 Å². The maximum absolute atomic E-state index is 11.2. The van der Waals surface area contributed by atoms with Crippen LogP contribution in [0.15, 0.2) is 30.5 Å². The fourth-order valence-corrected chi connectivity index (χ4v) is 2.22. The Hall–Kier alpha value is -2.63. The molecule has 20 heavy (non-hydrogen) atoms. The summed E-state index contributed by atoms with van der Waals surface area (Å²) in [4.78, 5) is 22.0. The van der Waals surface area contributed by atoms with Crippen LogP contribution in [0.25, 0.3) is 5.69 Å². The van der Waals surface area contributed by atoms with E-state index >= 15 is 0 Å². The molecule has 0 unspecified atom stereocenters. The number of nitrogens with zero attached hydrogens (tertiary/aromatic N) is 2. The summed E-state index contributed by atoms with van der Waals surface area (Å²) in [5, 5.41) is 22.2. The Morgan fingerprint density at radius 1 is 1.10 bits per heavy atom. The molecule has 1 fully saturated rings. The van der Waals surface area contributed by atoms with Gasteiger partial charge in [-0.25, -0.2) is 14.3 Å². The van der Waals surface area contributed by atoms with Crippen LogP contribution >= 0.6 is 0 Å². The van der Waals surface area contributed by atoms with E-state index in [9.17, 15) is 14.7 Å². The van der Waals surface area contributed by atoms with Crippen molar-refractivity contribution in [2.75, 3.05) is 0 Å². The molecule has 1 saturated carbocycles. The normalized spacial score (nSPS) is 14.2. The van der Waals surface area contributed by atoms with Crippen LogP contribution < -0.4 is 0 Å². The minimum atomic E-state index is -0.995. The lowest BCUT2D eigenvalue weighted by Gasteiger charge is -2.08. The average Bonchev–Trinajstić information content (AvgIpc) is 3.17. The van der Waals surface area contributed by atoms with E-state index in [1.165, 1.54) is 18.3 Å². The van der Waals surface area contributed by atoms with Crippen molar-refractivity contribution in [3.05, 3.63) is 47.3 Å². The highest BCUT2D eigenvalue weighted by molar-refractivity contribution is 5.89. The quantitative estimate of drug-likeness (QED) is 0.889. The van der Waals surface area contributed by atoms with Crippen LogP contribution in [0.3, 0.4) is 0 Å². The Kier molecular flexibility index (Phi) is 2.78. The maximum atomic E-state index is 11.2. The van der Waals surface area contributed by atoms with Gasteiger partial charge >= 0.3 is 11.9 Å².